The third-order valence-corrected chi connectivity index (χ3v) is 3.23. The normalized spacial score (nSPS) is 10.7. The maximum atomic E-state index is 9.03. The minimum Gasteiger partial charge on any atom is -0.399 e. The average molecular weight is 280 g/mol. The summed E-state index contributed by atoms with van der Waals surface area (Å²) in [5.74, 6) is 0.661. The minimum absolute atomic E-state index is 0.0587. The van der Waals surface area contributed by atoms with Gasteiger partial charge in [0.05, 0.1) is 13.2 Å². The molecule has 0 atom stereocenters. The van der Waals surface area contributed by atoms with Gasteiger partial charge in [0.15, 0.2) is 5.82 Å². The van der Waals surface area contributed by atoms with E-state index in [4.69, 9.17) is 10.8 Å². The van der Waals surface area contributed by atoms with Gasteiger partial charge in [-0.25, -0.2) is 9.67 Å². The first-order valence-electron chi connectivity index (χ1n) is 6.68. The second kappa shape index (κ2) is 5.76. The lowest BCUT2D eigenvalue weighted by atomic mass is 10.1. The van der Waals surface area contributed by atoms with Crippen molar-refractivity contribution >= 4 is 5.69 Å². The summed E-state index contributed by atoms with van der Waals surface area (Å²) in [4.78, 5) is 4.31. The van der Waals surface area contributed by atoms with Crippen LogP contribution in [0.4, 0.5) is 5.69 Å². The molecule has 0 bridgehead atoms. The molecular formula is C16H16N4O. The Bertz CT molecular complexity index is 734. The van der Waals surface area contributed by atoms with Gasteiger partial charge >= 0.3 is 0 Å². The quantitative estimate of drug-likeness (QED) is 0.717. The molecule has 3 N–H and O–H groups in total. The highest BCUT2D eigenvalue weighted by atomic mass is 16.3. The largest absolute Gasteiger partial charge is 0.399 e. The summed E-state index contributed by atoms with van der Waals surface area (Å²) in [5.41, 5.74) is 9.38. The number of benzene rings is 2. The Balaban J connectivity index is 1.78. The molecule has 0 spiro atoms. The molecule has 0 aliphatic heterocycles. The highest BCUT2D eigenvalue weighted by Gasteiger charge is 2.05. The van der Waals surface area contributed by atoms with Crippen LogP contribution in [0, 0.1) is 0 Å². The zero-order valence-corrected chi connectivity index (χ0v) is 11.5. The van der Waals surface area contributed by atoms with E-state index in [9.17, 15) is 0 Å². The number of hydrogen-bond acceptors (Lipinski definition) is 4. The first-order chi connectivity index (χ1) is 10.2. The van der Waals surface area contributed by atoms with Crippen LogP contribution < -0.4 is 5.73 Å². The van der Waals surface area contributed by atoms with Crippen molar-refractivity contribution in [2.75, 3.05) is 5.73 Å². The van der Waals surface area contributed by atoms with Gasteiger partial charge < -0.3 is 10.8 Å². The monoisotopic (exact) mass is 280 g/mol. The second-order valence-corrected chi connectivity index (χ2v) is 4.87. The van der Waals surface area contributed by atoms with E-state index in [1.807, 2.05) is 48.5 Å². The van der Waals surface area contributed by atoms with E-state index in [-0.39, 0.29) is 6.61 Å². The fraction of sp³-hybridized carbons (Fsp3) is 0.125. The summed E-state index contributed by atoms with van der Waals surface area (Å²) in [6, 6.07) is 15.3. The molecule has 3 rings (SSSR count). The molecule has 5 nitrogen and oxygen atoms in total. The van der Waals surface area contributed by atoms with E-state index in [0.29, 0.717) is 18.1 Å². The molecular weight excluding hydrogens is 264 g/mol. The lowest BCUT2D eigenvalue weighted by Crippen LogP contribution is -2.00. The molecule has 0 fully saturated rings. The maximum absolute atomic E-state index is 9.03. The number of aromatic nitrogens is 3. The van der Waals surface area contributed by atoms with Crippen LogP contribution in [-0.2, 0) is 13.2 Å². The number of aliphatic hydroxyl groups is 1. The van der Waals surface area contributed by atoms with Crippen LogP contribution in [0.25, 0.3) is 11.4 Å². The fourth-order valence-corrected chi connectivity index (χ4v) is 2.12. The summed E-state index contributed by atoms with van der Waals surface area (Å²) in [6.07, 6.45) is 1.71. The Morgan fingerprint density at radius 1 is 1.05 bits per heavy atom. The molecule has 0 aliphatic carbocycles. The average Bonchev–Trinajstić information content (AvgIpc) is 2.97. The Kier molecular flexibility index (Phi) is 3.66. The first-order valence-corrected chi connectivity index (χ1v) is 6.68. The van der Waals surface area contributed by atoms with Crippen molar-refractivity contribution < 1.29 is 5.11 Å². The number of aliphatic hydroxyl groups excluding tert-OH is 1. The lowest BCUT2D eigenvalue weighted by Gasteiger charge is -2.02. The van der Waals surface area contributed by atoms with Gasteiger partial charge in [0.1, 0.15) is 6.33 Å². The predicted molar refractivity (Wildman–Crippen MR) is 81.3 cm³/mol. The fourth-order valence-electron chi connectivity index (χ4n) is 2.12. The van der Waals surface area contributed by atoms with Crippen LogP contribution in [0.2, 0.25) is 0 Å². The van der Waals surface area contributed by atoms with E-state index >= 15 is 0 Å². The number of nitrogen functional groups attached to an aromatic ring is 1. The lowest BCUT2D eigenvalue weighted by molar-refractivity contribution is 0.282. The molecule has 0 saturated heterocycles. The molecule has 106 valence electrons. The zero-order valence-electron chi connectivity index (χ0n) is 11.5. The van der Waals surface area contributed by atoms with Gasteiger partial charge in [-0.1, -0.05) is 36.4 Å². The Hall–Kier alpha value is -2.66. The summed E-state index contributed by atoms with van der Waals surface area (Å²) < 4.78 is 1.78. The molecule has 1 aromatic heterocycles. The van der Waals surface area contributed by atoms with Gasteiger partial charge in [-0.2, -0.15) is 5.10 Å². The van der Waals surface area contributed by atoms with E-state index in [1.165, 1.54) is 0 Å². The number of hydrogen-bond donors (Lipinski definition) is 2. The second-order valence-electron chi connectivity index (χ2n) is 4.87. The van der Waals surface area contributed by atoms with Crippen LogP contribution in [0.5, 0.6) is 0 Å². The third-order valence-electron chi connectivity index (χ3n) is 3.23. The smallest absolute Gasteiger partial charge is 0.181 e. The van der Waals surface area contributed by atoms with Crippen LogP contribution >= 0.6 is 0 Å². The van der Waals surface area contributed by atoms with Crippen molar-refractivity contribution in [3.63, 3.8) is 0 Å². The zero-order chi connectivity index (χ0) is 14.7. The third kappa shape index (κ3) is 3.09. The van der Waals surface area contributed by atoms with Crippen LogP contribution in [0.3, 0.4) is 0 Å². The predicted octanol–water partition coefficient (Wildman–Crippen LogP) is 2.07. The highest BCUT2D eigenvalue weighted by molar-refractivity contribution is 5.60. The van der Waals surface area contributed by atoms with E-state index < -0.39 is 0 Å². The van der Waals surface area contributed by atoms with E-state index in [2.05, 4.69) is 10.1 Å². The SMILES string of the molecule is Nc1cccc(-c2ncn(Cc3ccc(CO)cc3)n2)c1. The van der Waals surface area contributed by atoms with E-state index in [1.54, 1.807) is 11.0 Å². The summed E-state index contributed by atoms with van der Waals surface area (Å²) >= 11 is 0. The molecule has 0 saturated carbocycles. The summed E-state index contributed by atoms with van der Waals surface area (Å²) in [7, 11) is 0. The molecule has 3 aromatic rings. The molecule has 2 aromatic carbocycles. The molecule has 21 heavy (non-hydrogen) atoms. The van der Waals surface area contributed by atoms with Crippen molar-refractivity contribution in [3.8, 4) is 11.4 Å². The molecule has 0 amide bonds. The van der Waals surface area contributed by atoms with Crippen LogP contribution in [0.1, 0.15) is 11.1 Å². The maximum Gasteiger partial charge on any atom is 0.181 e. The van der Waals surface area contributed by atoms with Crippen molar-refractivity contribution in [1.82, 2.24) is 14.8 Å². The number of nitrogens with zero attached hydrogens (tertiary/aromatic N) is 3. The topological polar surface area (TPSA) is 77.0 Å². The van der Waals surface area contributed by atoms with Crippen molar-refractivity contribution in [2.45, 2.75) is 13.2 Å². The van der Waals surface area contributed by atoms with Crippen molar-refractivity contribution in [2.24, 2.45) is 0 Å². The Morgan fingerprint density at radius 3 is 2.52 bits per heavy atom. The minimum atomic E-state index is 0.0587. The molecule has 1 heterocycles. The van der Waals surface area contributed by atoms with Crippen molar-refractivity contribution in [3.05, 3.63) is 66.0 Å². The number of nitrogens with two attached hydrogens (primary N) is 1. The molecule has 0 radical (unpaired) electrons. The van der Waals surface area contributed by atoms with Gasteiger partial charge in [0, 0.05) is 11.3 Å². The summed E-state index contributed by atoms with van der Waals surface area (Å²) in [6.45, 7) is 0.699. The van der Waals surface area contributed by atoms with Crippen molar-refractivity contribution in [1.29, 1.82) is 0 Å². The summed E-state index contributed by atoms with van der Waals surface area (Å²) in [5, 5.41) is 13.5. The Labute approximate surface area is 122 Å². The van der Waals surface area contributed by atoms with E-state index in [0.717, 1.165) is 16.7 Å². The Morgan fingerprint density at radius 2 is 1.81 bits per heavy atom. The van der Waals surface area contributed by atoms with Gasteiger partial charge in [0.2, 0.25) is 0 Å². The molecule has 0 aliphatic rings. The van der Waals surface area contributed by atoms with Gasteiger partial charge in [0.25, 0.3) is 0 Å². The first kappa shape index (κ1) is 13.3. The molecule has 5 heteroatoms. The number of anilines is 1. The van der Waals surface area contributed by atoms with Gasteiger partial charge in [-0.15, -0.1) is 0 Å². The van der Waals surface area contributed by atoms with Gasteiger partial charge in [-0.05, 0) is 23.3 Å². The van der Waals surface area contributed by atoms with Crippen LogP contribution in [-0.4, -0.2) is 19.9 Å². The standard InChI is InChI=1S/C16H16N4O/c17-15-3-1-2-14(8-15)16-18-11-20(19-16)9-12-4-6-13(10-21)7-5-12/h1-8,11,21H,9-10,17H2. The number of rotatable bonds is 4. The van der Waals surface area contributed by atoms with Gasteiger partial charge in [-0.3, -0.25) is 0 Å². The molecule has 0 unspecified atom stereocenters. The van der Waals surface area contributed by atoms with Crippen LogP contribution in [0.15, 0.2) is 54.9 Å². The highest BCUT2D eigenvalue weighted by Crippen LogP contribution is 2.17.